The Kier molecular flexibility index (Phi) is 6.35. The second kappa shape index (κ2) is 9.32. The standard InChI is InChI=1S/C24H29N3O3/c1-26-15-13-25-23(26)17-29-22-10-8-20(9-11-22)16-27-14-5-12-24(28,18-27)19-30-21-6-3-2-4-7-21/h2-4,6-11,13,15,28H,5,12,14,16-19H2,1H3. The number of imidazole rings is 1. The van der Waals surface area contributed by atoms with E-state index >= 15 is 0 Å². The van der Waals surface area contributed by atoms with Crippen molar-refractivity contribution < 1.29 is 14.6 Å². The summed E-state index contributed by atoms with van der Waals surface area (Å²) in [7, 11) is 1.96. The second-order valence-electron chi connectivity index (χ2n) is 8.03. The number of aromatic nitrogens is 2. The average Bonchev–Trinajstić information content (AvgIpc) is 3.17. The zero-order chi connectivity index (χ0) is 20.8. The molecule has 0 radical (unpaired) electrons. The quantitative estimate of drug-likeness (QED) is 0.620. The molecule has 1 atom stereocenters. The molecule has 0 amide bonds. The molecule has 6 nitrogen and oxygen atoms in total. The summed E-state index contributed by atoms with van der Waals surface area (Å²) in [5.41, 5.74) is 0.381. The van der Waals surface area contributed by atoms with Gasteiger partial charge in [0, 0.05) is 32.5 Å². The number of nitrogens with zero attached hydrogens (tertiary/aromatic N) is 3. The van der Waals surface area contributed by atoms with Gasteiger partial charge in [0.15, 0.2) is 0 Å². The summed E-state index contributed by atoms with van der Waals surface area (Å²) in [4.78, 5) is 6.56. The van der Waals surface area contributed by atoms with Gasteiger partial charge in [0.2, 0.25) is 0 Å². The maximum Gasteiger partial charge on any atom is 0.146 e. The molecule has 1 N–H and O–H groups in total. The van der Waals surface area contributed by atoms with Crippen molar-refractivity contribution in [1.82, 2.24) is 14.5 Å². The first kappa shape index (κ1) is 20.4. The number of aryl methyl sites for hydroxylation is 1. The number of para-hydroxylation sites is 1. The van der Waals surface area contributed by atoms with Gasteiger partial charge in [0.25, 0.3) is 0 Å². The summed E-state index contributed by atoms with van der Waals surface area (Å²) in [6.45, 7) is 3.15. The van der Waals surface area contributed by atoms with Crippen molar-refractivity contribution in [3.8, 4) is 11.5 Å². The van der Waals surface area contributed by atoms with Crippen LogP contribution < -0.4 is 9.47 Å². The second-order valence-corrected chi connectivity index (χ2v) is 8.03. The number of hydrogen-bond donors (Lipinski definition) is 1. The highest BCUT2D eigenvalue weighted by Gasteiger charge is 2.34. The Bertz CT molecular complexity index is 926. The van der Waals surface area contributed by atoms with E-state index in [-0.39, 0.29) is 0 Å². The molecule has 158 valence electrons. The highest BCUT2D eigenvalue weighted by Crippen LogP contribution is 2.25. The van der Waals surface area contributed by atoms with E-state index in [0.717, 1.165) is 43.3 Å². The van der Waals surface area contributed by atoms with Crippen molar-refractivity contribution >= 4 is 0 Å². The summed E-state index contributed by atoms with van der Waals surface area (Å²) < 4.78 is 13.6. The van der Waals surface area contributed by atoms with Crippen molar-refractivity contribution in [1.29, 1.82) is 0 Å². The number of ether oxygens (including phenoxy) is 2. The van der Waals surface area contributed by atoms with Crippen LogP contribution in [0.1, 0.15) is 24.2 Å². The maximum atomic E-state index is 11.0. The van der Waals surface area contributed by atoms with Gasteiger partial charge in [-0.3, -0.25) is 4.90 Å². The molecule has 30 heavy (non-hydrogen) atoms. The van der Waals surface area contributed by atoms with Crippen molar-refractivity contribution in [2.24, 2.45) is 7.05 Å². The molecule has 6 heteroatoms. The highest BCUT2D eigenvalue weighted by molar-refractivity contribution is 5.27. The molecule has 0 spiro atoms. The van der Waals surface area contributed by atoms with E-state index in [1.165, 1.54) is 5.56 Å². The van der Waals surface area contributed by atoms with Crippen LogP contribution in [0, 0.1) is 0 Å². The number of benzene rings is 2. The van der Waals surface area contributed by atoms with Crippen LogP contribution in [0.5, 0.6) is 11.5 Å². The molecule has 2 aromatic carbocycles. The lowest BCUT2D eigenvalue weighted by atomic mass is 9.93. The summed E-state index contributed by atoms with van der Waals surface area (Å²) in [6.07, 6.45) is 5.40. The lowest BCUT2D eigenvalue weighted by molar-refractivity contribution is -0.0621. The Labute approximate surface area is 177 Å². The fourth-order valence-corrected chi connectivity index (χ4v) is 3.83. The summed E-state index contributed by atoms with van der Waals surface area (Å²) in [6, 6.07) is 17.8. The van der Waals surface area contributed by atoms with E-state index < -0.39 is 5.60 Å². The van der Waals surface area contributed by atoms with Crippen LogP contribution in [0.15, 0.2) is 67.0 Å². The zero-order valence-corrected chi connectivity index (χ0v) is 17.4. The van der Waals surface area contributed by atoms with Gasteiger partial charge in [0.05, 0.1) is 0 Å². The van der Waals surface area contributed by atoms with Gasteiger partial charge in [0.1, 0.15) is 36.1 Å². The number of β-amino-alcohol motifs (C(OH)–C–C–N with tert-alkyl or cyclic N) is 1. The van der Waals surface area contributed by atoms with Gasteiger partial charge in [-0.1, -0.05) is 30.3 Å². The molecule has 1 aliphatic rings. The molecule has 1 aliphatic heterocycles. The fraction of sp³-hybridized carbons (Fsp3) is 0.375. The van der Waals surface area contributed by atoms with E-state index in [4.69, 9.17) is 9.47 Å². The minimum Gasteiger partial charge on any atom is -0.491 e. The van der Waals surface area contributed by atoms with E-state index in [1.807, 2.05) is 60.3 Å². The molecular formula is C24H29N3O3. The predicted octanol–water partition coefficient (Wildman–Crippen LogP) is 3.41. The fourth-order valence-electron chi connectivity index (χ4n) is 3.83. The Hall–Kier alpha value is -2.83. The van der Waals surface area contributed by atoms with Gasteiger partial charge in [-0.2, -0.15) is 0 Å². The number of hydrogen-bond acceptors (Lipinski definition) is 5. The van der Waals surface area contributed by atoms with Gasteiger partial charge < -0.3 is 19.1 Å². The van der Waals surface area contributed by atoms with E-state index in [2.05, 4.69) is 22.0 Å². The van der Waals surface area contributed by atoms with Crippen LogP contribution in [0.25, 0.3) is 0 Å². The normalized spacial score (nSPS) is 19.5. The molecule has 2 heterocycles. The summed E-state index contributed by atoms with van der Waals surface area (Å²) in [5, 5.41) is 11.0. The minimum absolute atomic E-state index is 0.313. The molecule has 1 fully saturated rings. The largest absolute Gasteiger partial charge is 0.491 e. The van der Waals surface area contributed by atoms with Crippen LogP contribution in [0.4, 0.5) is 0 Å². The molecule has 3 aromatic rings. The van der Waals surface area contributed by atoms with E-state index in [0.29, 0.717) is 19.8 Å². The molecule has 0 saturated carbocycles. The smallest absolute Gasteiger partial charge is 0.146 e. The number of rotatable bonds is 8. The van der Waals surface area contributed by atoms with Gasteiger partial charge in [-0.15, -0.1) is 0 Å². The lowest BCUT2D eigenvalue weighted by Crippen LogP contribution is -2.51. The third-order valence-corrected chi connectivity index (χ3v) is 5.50. The maximum absolute atomic E-state index is 11.0. The first-order valence-electron chi connectivity index (χ1n) is 10.4. The number of aliphatic hydroxyl groups is 1. The monoisotopic (exact) mass is 407 g/mol. The third kappa shape index (κ3) is 5.40. The van der Waals surface area contributed by atoms with Crippen molar-refractivity contribution in [2.75, 3.05) is 19.7 Å². The molecule has 4 rings (SSSR count). The molecule has 1 unspecified atom stereocenters. The van der Waals surface area contributed by atoms with Gasteiger partial charge in [-0.25, -0.2) is 4.98 Å². The van der Waals surface area contributed by atoms with Crippen LogP contribution >= 0.6 is 0 Å². The van der Waals surface area contributed by atoms with Crippen molar-refractivity contribution in [2.45, 2.75) is 31.6 Å². The molecule has 0 bridgehead atoms. The van der Waals surface area contributed by atoms with E-state index in [9.17, 15) is 5.11 Å². The van der Waals surface area contributed by atoms with Crippen LogP contribution in [-0.4, -0.2) is 44.9 Å². The summed E-state index contributed by atoms with van der Waals surface area (Å²) in [5.74, 6) is 2.52. The third-order valence-electron chi connectivity index (χ3n) is 5.50. The highest BCUT2D eigenvalue weighted by atomic mass is 16.5. The molecule has 1 aromatic heterocycles. The number of likely N-dealkylation sites (tertiary alicyclic amines) is 1. The van der Waals surface area contributed by atoms with Crippen molar-refractivity contribution in [3.63, 3.8) is 0 Å². The van der Waals surface area contributed by atoms with E-state index in [1.54, 1.807) is 6.20 Å². The van der Waals surface area contributed by atoms with Crippen molar-refractivity contribution in [3.05, 3.63) is 78.4 Å². The summed E-state index contributed by atoms with van der Waals surface area (Å²) >= 11 is 0. The Morgan fingerprint density at radius 3 is 2.53 bits per heavy atom. The van der Waals surface area contributed by atoms with Gasteiger partial charge in [-0.05, 0) is 49.2 Å². The van der Waals surface area contributed by atoms with Gasteiger partial charge >= 0.3 is 0 Å². The SMILES string of the molecule is Cn1ccnc1COc1ccc(CN2CCCC(O)(COc3ccccc3)C2)cc1. The Morgan fingerprint density at radius 1 is 1.03 bits per heavy atom. The number of piperidine rings is 1. The average molecular weight is 408 g/mol. The first-order valence-corrected chi connectivity index (χ1v) is 10.4. The molecule has 0 aliphatic carbocycles. The zero-order valence-electron chi connectivity index (χ0n) is 17.4. The predicted molar refractivity (Wildman–Crippen MR) is 115 cm³/mol. The lowest BCUT2D eigenvalue weighted by Gasteiger charge is -2.39. The Balaban J connectivity index is 1.28. The minimum atomic E-state index is -0.820. The molecule has 1 saturated heterocycles. The Morgan fingerprint density at radius 2 is 1.80 bits per heavy atom. The van der Waals surface area contributed by atoms with Crippen LogP contribution in [-0.2, 0) is 20.2 Å². The topological polar surface area (TPSA) is 59.8 Å². The van der Waals surface area contributed by atoms with Crippen LogP contribution in [0.3, 0.4) is 0 Å². The van der Waals surface area contributed by atoms with Crippen LogP contribution in [0.2, 0.25) is 0 Å². The first-order chi connectivity index (χ1) is 14.6. The molecular weight excluding hydrogens is 378 g/mol.